The van der Waals surface area contributed by atoms with E-state index in [-0.39, 0.29) is 14.7 Å². The first kappa shape index (κ1) is 17.6. The Morgan fingerprint density at radius 2 is 2.15 bits per heavy atom. The molecular weight excluding hydrogens is 342 g/mol. The predicted octanol–water partition coefficient (Wildman–Crippen LogP) is 2.79. The molecule has 2 N–H and O–H groups in total. The summed E-state index contributed by atoms with van der Waals surface area (Å²) in [6.45, 7) is 3.87. The first-order valence-electron chi connectivity index (χ1n) is 9.48. The third kappa shape index (κ3) is 3.67. The third-order valence-electron chi connectivity index (χ3n) is 5.32. The van der Waals surface area contributed by atoms with E-state index in [1.54, 1.807) is 20.0 Å². The van der Waals surface area contributed by atoms with Gasteiger partial charge in [0.2, 0.25) is 5.91 Å². The van der Waals surface area contributed by atoms with Crippen molar-refractivity contribution in [1.29, 1.82) is 0 Å². The van der Waals surface area contributed by atoms with Gasteiger partial charge in [-0.3, -0.25) is 14.3 Å². The lowest BCUT2D eigenvalue weighted by molar-refractivity contribution is -0.129. The van der Waals surface area contributed by atoms with Crippen LogP contribution in [0.1, 0.15) is 44.2 Å². The van der Waals surface area contributed by atoms with Crippen molar-refractivity contribution in [3.63, 3.8) is 0 Å². The van der Waals surface area contributed by atoms with E-state index in [1.165, 1.54) is 18.5 Å². The summed E-state index contributed by atoms with van der Waals surface area (Å²) >= 11 is 0. The van der Waals surface area contributed by atoms with Gasteiger partial charge in [-0.25, -0.2) is 0 Å². The van der Waals surface area contributed by atoms with E-state index in [1.807, 2.05) is 23.1 Å². The fourth-order valence-electron chi connectivity index (χ4n) is 3.58. The molecule has 0 saturated heterocycles. The average molecular weight is 371 g/mol. The van der Waals surface area contributed by atoms with Gasteiger partial charge in [-0.2, -0.15) is 5.10 Å². The monoisotopic (exact) mass is 371 g/mol. The number of aromatic nitrogens is 2. The second-order valence-corrected chi connectivity index (χ2v) is 7.37. The number of carbonyl (C=O) groups is 2. The van der Waals surface area contributed by atoms with Gasteiger partial charge in [0, 0.05) is 58.8 Å². The van der Waals surface area contributed by atoms with Crippen LogP contribution >= 0.6 is 0 Å². The molecule has 146 valence electrons. The van der Waals surface area contributed by atoms with Crippen LogP contribution < -0.4 is 10.6 Å². The smallest absolute Gasteiger partial charge is 0.251 e. The quantitative estimate of drug-likeness (QED) is 0.847. The second-order valence-electron chi connectivity index (χ2n) is 7.37. The first-order valence-corrected chi connectivity index (χ1v) is 9.48. The van der Waals surface area contributed by atoms with Crippen LogP contribution in [0.4, 0.5) is 11.5 Å². The number of carbonyl (C=O) groups excluding carboxylic acids is 2. The van der Waals surface area contributed by atoms with Gasteiger partial charge in [-0.1, -0.05) is 6.07 Å². The Hall–Kier alpha value is -2.83. The Morgan fingerprint density at radius 3 is 2.85 bits per heavy atom. The van der Waals surface area contributed by atoms with Crippen LogP contribution in [0.25, 0.3) is 0 Å². The van der Waals surface area contributed by atoms with Crippen molar-refractivity contribution < 1.29 is 12.4 Å². The number of nitrogens with one attached hydrogen (secondary N) is 2. The van der Waals surface area contributed by atoms with E-state index in [4.69, 9.17) is 5.10 Å². The Morgan fingerprint density at radius 1 is 1.33 bits per heavy atom. The molecule has 2 amide bonds. The van der Waals surface area contributed by atoms with Gasteiger partial charge in [0.1, 0.15) is 0 Å². The van der Waals surface area contributed by atoms with Crippen molar-refractivity contribution in [2.45, 2.75) is 39.3 Å². The summed E-state index contributed by atoms with van der Waals surface area (Å²) in [6.07, 6.45) is 3.37. The van der Waals surface area contributed by atoms with Gasteiger partial charge in [0.05, 0.1) is 6.54 Å². The highest BCUT2D eigenvalue weighted by molar-refractivity contribution is 5.95. The van der Waals surface area contributed by atoms with Crippen molar-refractivity contribution in [1.82, 2.24) is 20.0 Å². The molecule has 0 atom stereocenters. The van der Waals surface area contributed by atoms with Gasteiger partial charge in [0.15, 0.2) is 5.82 Å². The fourth-order valence-corrected chi connectivity index (χ4v) is 3.58. The molecule has 27 heavy (non-hydrogen) atoms. The molecule has 0 radical (unpaired) electrons. The third-order valence-corrected chi connectivity index (χ3v) is 5.32. The number of anilines is 2. The molecule has 1 aliphatic carbocycles. The molecule has 2 aliphatic rings. The SMILES string of the molecule is CNC(=O)c1cccc(Nc2nn(CC3CC3)c3c2CN(C(C)=O)CC3)c1.[HH].[HH]. The van der Waals surface area contributed by atoms with E-state index < -0.39 is 0 Å². The number of fused-ring (bicyclic) bond motifs is 1. The summed E-state index contributed by atoms with van der Waals surface area (Å²) in [5, 5.41) is 10.8. The molecule has 1 aromatic heterocycles. The summed E-state index contributed by atoms with van der Waals surface area (Å²) in [7, 11) is 1.62. The molecule has 7 heteroatoms. The van der Waals surface area contributed by atoms with Crippen LogP contribution in [0, 0.1) is 5.92 Å². The summed E-state index contributed by atoms with van der Waals surface area (Å²) in [6, 6.07) is 7.37. The van der Waals surface area contributed by atoms with Crippen LogP contribution in [0.2, 0.25) is 0 Å². The minimum atomic E-state index is -0.123. The minimum absolute atomic E-state index is 0. The summed E-state index contributed by atoms with van der Waals surface area (Å²) in [4.78, 5) is 25.6. The average Bonchev–Trinajstić information content (AvgIpc) is 3.43. The Bertz CT molecular complexity index is 895. The Balaban J connectivity index is 0.00000150. The molecular formula is C20H29N5O2. The molecule has 7 nitrogen and oxygen atoms in total. The number of hydrogen-bond donors (Lipinski definition) is 2. The highest BCUT2D eigenvalue weighted by atomic mass is 16.2. The minimum Gasteiger partial charge on any atom is -0.355 e. The highest BCUT2D eigenvalue weighted by Gasteiger charge is 2.29. The van der Waals surface area contributed by atoms with Crippen LogP contribution in [0.5, 0.6) is 0 Å². The summed E-state index contributed by atoms with van der Waals surface area (Å²) < 4.78 is 2.12. The molecule has 4 rings (SSSR count). The summed E-state index contributed by atoms with van der Waals surface area (Å²) in [5.41, 5.74) is 3.72. The van der Waals surface area contributed by atoms with Crippen molar-refractivity contribution in [2.24, 2.45) is 5.92 Å². The number of benzene rings is 1. The van der Waals surface area contributed by atoms with E-state index in [9.17, 15) is 9.59 Å². The molecule has 1 aromatic carbocycles. The maximum absolute atomic E-state index is 11.9. The van der Waals surface area contributed by atoms with Crippen LogP contribution in [-0.2, 0) is 24.3 Å². The number of nitrogens with zero attached hydrogens (tertiary/aromatic N) is 3. The zero-order chi connectivity index (χ0) is 19.0. The lowest BCUT2D eigenvalue weighted by atomic mass is 10.1. The van der Waals surface area contributed by atoms with Gasteiger partial charge < -0.3 is 15.5 Å². The molecule has 1 aliphatic heterocycles. The van der Waals surface area contributed by atoms with Gasteiger partial charge in [0.25, 0.3) is 5.91 Å². The summed E-state index contributed by atoms with van der Waals surface area (Å²) in [5.74, 6) is 1.47. The lowest BCUT2D eigenvalue weighted by Gasteiger charge is -2.26. The van der Waals surface area contributed by atoms with Gasteiger partial charge in [-0.15, -0.1) is 0 Å². The molecule has 1 fully saturated rings. The van der Waals surface area contributed by atoms with Gasteiger partial charge in [-0.05, 0) is 37.0 Å². The number of hydrogen-bond acceptors (Lipinski definition) is 4. The van der Waals surface area contributed by atoms with E-state index in [0.29, 0.717) is 12.1 Å². The van der Waals surface area contributed by atoms with Crippen LogP contribution in [0.15, 0.2) is 24.3 Å². The normalized spacial score (nSPS) is 16.0. The molecule has 0 spiro atoms. The maximum atomic E-state index is 11.9. The van der Waals surface area contributed by atoms with Crippen molar-refractivity contribution in [3.8, 4) is 0 Å². The number of amides is 2. The van der Waals surface area contributed by atoms with Crippen molar-refractivity contribution in [3.05, 3.63) is 41.1 Å². The zero-order valence-corrected chi connectivity index (χ0v) is 15.8. The molecule has 2 heterocycles. The lowest BCUT2D eigenvalue weighted by Crippen LogP contribution is -2.34. The van der Waals surface area contributed by atoms with Crippen molar-refractivity contribution in [2.75, 3.05) is 18.9 Å². The largest absolute Gasteiger partial charge is 0.355 e. The predicted molar refractivity (Wildman–Crippen MR) is 107 cm³/mol. The van der Waals surface area contributed by atoms with Crippen molar-refractivity contribution >= 4 is 23.3 Å². The van der Waals surface area contributed by atoms with Gasteiger partial charge >= 0.3 is 0 Å². The van der Waals surface area contributed by atoms with E-state index in [0.717, 1.165) is 42.5 Å². The van der Waals surface area contributed by atoms with E-state index in [2.05, 4.69) is 15.3 Å². The molecule has 0 unspecified atom stereocenters. The Kier molecular flexibility index (Phi) is 4.59. The topological polar surface area (TPSA) is 79.3 Å². The molecule has 0 bridgehead atoms. The van der Waals surface area contributed by atoms with Crippen LogP contribution in [0.3, 0.4) is 0 Å². The Labute approximate surface area is 161 Å². The van der Waals surface area contributed by atoms with E-state index >= 15 is 0 Å². The standard InChI is InChI=1S/C20H25N5O2.2H2/c1-13(26)24-9-8-18-17(12-24)19(23-25(18)11-14-6-7-14)22-16-5-3-4-15(10-16)20(27)21-2;;/h3-5,10,14H,6-9,11-12H2,1-2H3,(H,21,27)(H,22,23);2*1H. The molecule has 2 aromatic rings. The fraction of sp³-hybridized carbons (Fsp3) is 0.450. The molecule has 1 saturated carbocycles. The highest BCUT2D eigenvalue weighted by Crippen LogP contribution is 2.34. The second kappa shape index (κ2) is 7.06. The van der Waals surface area contributed by atoms with Crippen LogP contribution in [-0.4, -0.2) is 40.1 Å². The zero-order valence-electron chi connectivity index (χ0n) is 15.8. The number of rotatable bonds is 5. The maximum Gasteiger partial charge on any atom is 0.251 e. The first-order chi connectivity index (χ1) is 13.0.